The van der Waals surface area contributed by atoms with Gasteiger partial charge >= 0.3 is 18.4 Å². The van der Waals surface area contributed by atoms with Crippen LogP contribution in [0.1, 0.15) is 6.92 Å². The normalized spacial score (nSPS) is 15.0. The fraction of sp³-hybridized carbons (Fsp3) is 1.00. The van der Waals surface area contributed by atoms with Crippen LogP contribution in [-0.4, -0.2) is 18.4 Å². The van der Waals surface area contributed by atoms with Crippen LogP contribution in [0.5, 0.6) is 0 Å². The van der Waals surface area contributed by atoms with E-state index in [9.17, 15) is 30.7 Å². The summed E-state index contributed by atoms with van der Waals surface area (Å²) in [5.41, 5.74) is 0. The van der Waals surface area contributed by atoms with Crippen molar-refractivity contribution in [3.05, 3.63) is 0 Å². The van der Waals surface area contributed by atoms with E-state index >= 15 is 0 Å². The lowest BCUT2D eigenvalue weighted by molar-refractivity contribution is -0.463. The first-order chi connectivity index (χ1) is 4.96. The minimum Gasteiger partial charge on any atom is -0.221 e. The minimum atomic E-state index is -5.79. The molecule has 0 spiro atoms. The molecule has 0 atom stereocenters. The molecule has 1 nitrogen and oxygen atoms in total. The van der Waals surface area contributed by atoms with Gasteiger partial charge in [0.05, 0.1) is 0 Å². The molecule has 12 heavy (non-hydrogen) atoms. The molecule has 0 amide bonds. The summed E-state index contributed by atoms with van der Waals surface area (Å²) in [4.78, 5) is 0. The second-order valence-corrected chi connectivity index (χ2v) is 1.95. The van der Waals surface area contributed by atoms with Crippen molar-refractivity contribution in [2.75, 3.05) is 0 Å². The molecule has 0 aromatic heterocycles. The Balaban J connectivity index is 4.44. The van der Waals surface area contributed by atoms with E-state index in [1.54, 1.807) is 0 Å². The molecule has 0 aromatic carbocycles. The highest BCUT2D eigenvalue weighted by Gasteiger charge is 2.59. The largest absolute Gasteiger partial charge is 0.527 e. The van der Waals surface area contributed by atoms with Crippen LogP contribution < -0.4 is 0 Å². The Morgan fingerprint density at radius 3 is 1.25 bits per heavy atom. The van der Waals surface area contributed by atoms with Crippen LogP contribution in [0.25, 0.3) is 0 Å². The highest BCUT2D eigenvalue weighted by molar-refractivity contribution is 4.70. The second-order valence-electron chi connectivity index (χ2n) is 1.95. The van der Waals surface area contributed by atoms with E-state index in [0.29, 0.717) is 0 Å². The van der Waals surface area contributed by atoms with Crippen molar-refractivity contribution < 1.29 is 35.5 Å². The van der Waals surface area contributed by atoms with Gasteiger partial charge in [-0.1, -0.05) is 0 Å². The van der Waals surface area contributed by atoms with Crippen LogP contribution in [0.15, 0.2) is 0 Å². The van der Waals surface area contributed by atoms with E-state index in [4.69, 9.17) is 0 Å². The summed E-state index contributed by atoms with van der Waals surface area (Å²) in [6.45, 7) is -0.376. The van der Waals surface area contributed by atoms with E-state index in [0.717, 1.165) is 0 Å². The third-order valence-electron chi connectivity index (χ3n) is 0.755. The average molecular weight is 200 g/mol. The maximum atomic E-state index is 11.7. The second kappa shape index (κ2) is 2.75. The summed E-state index contributed by atoms with van der Waals surface area (Å²) in [5.74, 6) is -4.87. The van der Waals surface area contributed by atoms with E-state index in [-0.39, 0.29) is 6.92 Å². The van der Waals surface area contributed by atoms with Gasteiger partial charge in [0.1, 0.15) is 0 Å². The summed E-state index contributed by atoms with van der Waals surface area (Å²) < 4.78 is 81.8. The first-order valence-corrected chi connectivity index (χ1v) is 2.48. The molecule has 0 saturated heterocycles. The quantitative estimate of drug-likeness (QED) is 0.622. The van der Waals surface area contributed by atoms with Gasteiger partial charge in [0.2, 0.25) is 0 Å². The Labute approximate surface area is 62.1 Å². The smallest absolute Gasteiger partial charge is 0.221 e. The molecule has 0 aliphatic heterocycles. The van der Waals surface area contributed by atoms with Crippen molar-refractivity contribution in [1.82, 2.24) is 0 Å². The first kappa shape index (κ1) is 11.5. The van der Waals surface area contributed by atoms with E-state index in [1.165, 1.54) is 0 Å². The number of ether oxygens (including phenoxy) is 1. The fourth-order valence-corrected chi connectivity index (χ4v) is 0.235. The molecular formula is C4H3F7O. The Morgan fingerprint density at radius 2 is 1.17 bits per heavy atom. The van der Waals surface area contributed by atoms with Gasteiger partial charge in [-0.25, -0.2) is 4.74 Å². The topological polar surface area (TPSA) is 9.23 Å². The van der Waals surface area contributed by atoms with Crippen molar-refractivity contribution in [2.24, 2.45) is 0 Å². The lowest BCUT2D eigenvalue weighted by Gasteiger charge is -2.23. The van der Waals surface area contributed by atoms with Gasteiger partial charge in [0.15, 0.2) is 0 Å². The molecule has 0 aliphatic rings. The maximum Gasteiger partial charge on any atom is 0.527 e. The van der Waals surface area contributed by atoms with Gasteiger partial charge in [0, 0.05) is 6.92 Å². The molecule has 0 bridgehead atoms. The Bertz CT molecular complexity index is 154. The standard InChI is InChI=1S/C4H3F7O/c1-2(5,6)3(7,8)12-4(9,10)11/h1H3. The van der Waals surface area contributed by atoms with Crippen LogP contribution in [0.4, 0.5) is 30.7 Å². The summed E-state index contributed by atoms with van der Waals surface area (Å²) in [6.07, 6.45) is -11.3. The predicted octanol–water partition coefficient (Wildman–Crippen LogP) is 2.77. The molecule has 0 rings (SSSR count). The molecule has 0 aliphatic carbocycles. The number of rotatable bonds is 2. The Morgan fingerprint density at radius 1 is 0.833 bits per heavy atom. The Kier molecular flexibility index (Phi) is 2.63. The molecule has 0 heterocycles. The van der Waals surface area contributed by atoms with Gasteiger partial charge in [0.25, 0.3) is 0 Å². The van der Waals surface area contributed by atoms with Crippen molar-refractivity contribution >= 4 is 0 Å². The van der Waals surface area contributed by atoms with Gasteiger partial charge in [-0.05, 0) is 0 Å². The monoisotopic (exact) mass is 200 g/mol. The first-order valence-electron chi connectivity index (χ1n) is 2.48. The van der Waals surface area contributed by atoms with Gasteiger partial charge in [-0.2, -0.15) is 17.6 Å². The SMILES string of the molecule is CC(F)(F)C(F)(F)OC(F)(F)F. The number of halogens is 7. The van der Waals surface area contributed by atoms with Crippen LogP contribution in [0.2, 0.25) is 0 Å². The minimum absolute atomic E-state index is 0.376. The lowest BCUT2D eigenvalue weighted by atomic mass is 10.4. The zero-order chi connectivity index (χ0) is 10.2. The van der Waals surface area contributed by atoms with Crippen LogP contribution >= 0.6 is 0 Å². The van der Waals surface area contributed by atoms with Crippen LogP contribution in [-0.2, 0) is 4.74 Å². The zero-order valence-corrected chi connectivity index (χ0v) is 5.55. The number of hydrogen-bond acceptors (Lipinski definition) is 1. The molecule has 0 aromatic rings. The summed E-state index contributed by atoms with van der Waals surface area (Å²) in [6, 6.07) is 0. The van der Waals surface area contributed by atoms with Gasteiger partial charge in [-0.15, -0.1) is 13.2 Å². The summed E-state index contributed by atoms with van der Waals surface area (Å²) >= 11 is 0. The summed E-state index contributed by atoms with van der Waals surface area (Å²) in [7, 11) is 0. The lowest BCUT2D eigenvalue weighted by Crippen LogP contribution is -2.44. The molecule has 8 heteroatoms. The van der Waals surface area contributed by atoms with Crippen LogP contribution in [0, 0.1) is 0 Å². The third-order valence-corrected chi connectivity index (χ3v) is 0.755. The van der Waals surface area contributed by atoms with Crippen molar-refractivity contribution in [3.63, 3.8) is 0 Å². The van der Waals surface area contributed by atoms with E-state index in [1.807, 2.05) is 4.74 Å². The molecule has 0 N–H and O–H groups in total. The molecule has 74 valence electrons. The molecular weight excluding hydrogens is 197 g/mol. The molecule has 0 radical (unpaired) electrons. The Hall–Kier alpha value is -0.530. The van der Waals surface area contributed by atoms with Gasteiger partial charge in [-0.3, -0.25) is 0 Å². The average Bonchev–Trinajstić information content (AvgIpc) is 1.52. The number of hydrogen-bond donors (Lipinski definition) is 0. The summed E-state index contributed by atoms with van der Waals surface area (Å²) in [5, 5.41) is 0. The number of alkyl halides is 7. The third kappa shape index (κ3) is 3.24. The fourth-order valence-electron chi connectivity index (χ4n) is 0.235. The van der Waals surface area contributed by atoms with Crippen molar-refractivity contribution in [2.45, 2.75) is 25.3 Å². The molecule has 0 saturated carbocycles. The maximum absolute atomic E-state index is 11.7. The van der Waals surface area contributed by atoms with Crippen LogP contribution in [0.3, 0.4) is 0 Å². The van der Waals surface area contributed by atoms with Gasteiger partial charge < -0.3 is 0 Å². The van der Waals surface area contributed by atoms with Crippen molar-refractivity contribution in [1.29, 1.82) is 0 Å². The van der Waals surface area contributed by atoms with E-state index < -0.39 is 18.4 Å². The molecule has 0 unspecified atom stereocenters. The van der Waals surface area contributed by atoms with E-state index in [2.05, 4.69) is 0 Å². The molecule has 0 fully saturated rings. The highest BCUT2D eigenvalue weighted by atomic mass is 19.4. The van der Waals surface area contributed by atoms with Crippen molar-refractivity contribution in [3.8, 4) is 0 Å². The highest BCUT2D eigenvalue weighted by Crippen LogP contribution is 2.39. The zero-order valence-electron chi connectivity index (χ0n) is 5.55. The predicted molar refractivity (Wildman–Crippen MR) is 22.7 cm³/mol.